The lowest BCUT2D eigenvalue weighted by molar-refractivity contribution is -0.384. The lowest BCUT2D eigenvalue weighted by Gasteiger charge is -2.35. The van der Waals surface area contributed by atoms with E-state index in [0.717, 1.165) is 31.9 Å². The summed E-state index contributed by atoms with van der Waals surface area (Å²) < 4.78 is 14.8. The van der Waals surface area contributed by atoms with Gasteiger partial charge in [0.15, 0.2) is 5.82 Å². The lowest BCUT2D eigenvalue weighted by atomic mass is 10.2. The Hall–Kier alpha value is -3.33. The van der Waals surface area contributed by atoms with Crippen LogP contribution in [0.1, 0.15) is 0 Å². The van der Waals surface area contributed by atoms with Gasteiger partial charge in [-0.2, -0.15) is 0 Å². The summed E-state index contributed by atoms with van der Waals surface area (Å²) in [4.78, 5) is 19.3. The van der Waals surface area contributed by atoms with E-state index in [1.54, 1.807) is 35.3 Å². The fourth-order valence-electron chi connectivity index (χ4n) is 3.26. The first-order valence-electron chi connectivity index (χ1n) is 8.96. The number of hydrogen-bond donors (Lipinski definition) is 0. The maximum atomic E-state index is 13.1. The number of anilines is 1. The molecular weight excluding hydrogens is 363 g/mol. The molecule has 1 aromatic heterocycles. The number of nitro groups is 1. The highest BCUT2D eigenvalue weighted by atomic mass is 19.1. The van der Waals surface area contributed by atoms with Gasteiger partial charge < -0.3 is 4.90 Å². The van der Waals surface area contributed by atoms with E-state index in [9.17, 15) is 14.5 Å². The minimum atomic E-state index is -0.429. The lowest BCUT2D eigenvalue weighted by Crippen LogP contribution is -2.46. The fourth-order valence-corrected chi connectivity index (χ4v) is 3.26. The average Bonchev–Trinajstić information content (AvgIpc) is 3.18. The van der Waals surface area contributed by atoms with Crippen LogP contribution in [0.2, 0.25) is 0 Å². The van der Waals surface area contributed by atoms with E-state index in [-0.39, 0.29) is 11.5 Å². The van der Waals surface area contributed by atoms with Gasteiger partial charge in [0.1, 0.15) is 12.1 Å². The van der Waals surface area contributed by atoms with Crippen molar-refractivity contribution < 1.29 is 9.31 Å². The second-order valence-electron chi connectivity index (χ2n) is 6.64. The van der Waals surface area contributed by atoms with E-state index >= 15 is 0 Å². The molecular formula is C19H19FN6O2. The number of hydrogen-bond acceptors (Lipinski definition) is 6. The molecule has 0 radical (unpaired) electrons. The zero-order valence-corrected chi connectivity index (χ0v) is 15.1. The Labute approximate surface area is 161 Å². The van der Waals surface area contributed by atoms with Crippen LogP contribution < -0.4 is 4.90 Å². The van der Waals surface area contributed by atoms with Crippen LogP contribution in [-0.4, -0.2) is 50.8 Å². The average molecular weight is 382 g/mol. The van der Waals surface area contributed by atoms with Gasteiger partial charge in [-0.05, 0) is 24.3 Å². The predicted molar refractivity (Wildman–Crippen MR) is 102 cm³/mol. The molecule has 0 saturated carbocycles. The summed E-state index contributed by atoms with van der Waals surface area (Å²) in [5, 5.41) is 15.4. The van der Waals surface area contributed by atoms with E-state index in [2.05, 4.69) is 19.9 Å². The Kier molecular flexibility index (Phi) is 4.98. The van der Waals surface area contributed by atoms with Crippen molar-refractivity contribution in [2.24, 2.45) is 0 Å². The third-order valence-electron chi connectivity index (χ3n) is 4.76. The Morgan fingerprint density at radius 3 is 2.54 bits per heavy atom. The molecule has 0 bridgehead atoms. The molecule has 0 spiro atoms. The van der Waals surface area contributed by atoms with Crippen molar-refractivity contribution >= 4 is 11.4 Å². The number of non-ortho nitro benzene ring substituents is 1. The van der Waals surface area contributed by atoms with Gasteiger partial charge in [0.25, 0.3) is 5.69 Å². The monoisotopic (exact) mass is 382 g/mol. The summed E-state index contributed by atoms with van der Waals surface area (Å²) in [7, 11) is 0. The van der Waals surface area contributed by atoms with Gasteiger partial charge in [0.2, 0.25) is 0 Å². The Bertz CT molecular complexity index is 967. The molecule has 144 valence electrons. The number of aromatic nitrogens is 3. The van der Waals surface area contributed by atoms with E-state index in [0.29, 0.717) is 18.1 Å². The zero-order valence-electron chi connectivity index (χ0n) is 15.1. The van der Waals surface area contributed by atoms with Crippen LogP contribution in [0.15, 0.2) is 54.9 Å². The third kappa shape index (κ3) is 3.99. The Morgan fingerprint density at radius 1 is 1.07 bits per heavy atom. The first-order chi connectivity index (χ1) is 13.6. The minimum absolute atomic E-state index is 0.0192. The largest absolute Gasteiger partial charge is 0.369 e. The maximum absolute atomic E-state index is 13.1. The molecule has 0 aliphatic carbocycles. The number of halogens is 1. The molecule has 0 atom stereocenters. The van der Waals surface area contributed by atoms with Crippen molar-refractivity contribution in [3.63, 3.8) is 0 Å². The Balaban J connectivity index is 1.37. The molecule has 0 unspecified atom stereocenters. The van der Waals surface area contributed by atoms with Crippen molar-refractivity contribution in [3.05, 3.63) is 70.8 Å². The van der Waals surface area contributed by atoms with Crippen LogP contribution in [0.3, 0.4) is 0 Å². The van der Waals surface area contributed by atoms with Crippen LogP contribution in [0.5, 0.6) is 0 Å². The van der Waals surface area contributed by atoms with E-state index in [4.69, 9.17) is 0 Å². The minimum Gasteiger partial charge on any atom is -0.369 e. The smallest absolute Gasteiger partial charge is 0.270 e. The molecule has 1 saturated heterocycles. The van der Waals surface area contributed by atoms with Crippen molar-refractivity contribution in [2.45, 2.75) is 6.67 Å². The van der Waals surface area contributed by atoms with E-state index < -0.39 is 4.92 Å². The standard InChI is InChI=1S/C19H19FN6O2/c20-16-4-6-17(7-5-16)24-10-8-23(9-11-24)14-25-13-21-19(22-25)15-2-1-3-18(12-15)26(27)28/h1-7,12-13H,8-11,14H2. The first-order valence-corrected chi connectivity index (χ1v) is 8.96. The van der Waals surface area contributed by atoms with Gasteiger partial charge >= 0.3 is 0 Å². The first kappa shape index (κ1) is 18.1. The quantitative estimate of drug-likeness (QED) is 0.499. The van der Waals surface area contributed by atoms with Gasteiger partial charge in [0.05, 0.1) is 11.6 Å². The normalized spacial score (nSPS) is 15.0. The number of nitrogens with zero attached hydrogens (tertiary/aromatic N) is 6. The van der Waals surface area contributed by atoms with Gasteiger partial charge in [0, 0.05) is 49.6 Å². The second kappa shape index (κ2) is 7.73. The molecule has 1 aliphatic heterocycles. The molecule has 2 aromatic carbocycles. The molecule has 0 N–H and O–H groups in total. The highest BCUT2D eigenvalue weighted by Gasteiger charge is 2.18. The second-order valence-corrected chi connectivity index (χ2v) is 6.64. The van der Waals surface area contributed by atoms with Crippen LogP contribution in [0, 0.1) is 15.9 Å². The predicted octanol–water partition coefficient (Wildman–Crippen LogP) is 2.77. The number of nitro benzene ring substituents is 1. The number of benzene rings is 2. The fraction of sp³-hybridized carbons (Fsp3) is 0.263. The molecule has 2 heterocycles. The van der Waals surface area contributed by atoms with Crippen LogP contribution in [-0.2, 0) is 6.67 Å². The maximum Gasteiger partial charge on any atom is 0.270 e. The highest BCUT2D eigenvalue weighted by molar-refractivity contribution is 5.58. The summed E-state index contributed by atoms with van der Waals surface area (Å²) in [6, 6.07) is 12.9. The molecule has 1 aliphatic rings. The van der Waals surface area contributed by atoms with E-state index in [1.165, 1.54) is 24.3 Å². The summed E-state index contributed by atoms with van der Waals surface area (Å²) >= 11 is 0. The number of rotatable bonds is 5. The van der Waals surface area contributed by atoms with E-state index in [1.807, 2.05) is 0 Å². The third-order valence-corrected chi connectivity index (χ3v) is 4.76. The molecule has 28 heavy (non-hydrogen) atoms. The van der Waals surface area contributed by atoms with Crippen LogP contribution in [0.4, 0.5) is 15.8 Å². The molecule has 3 aromatic rings. The molecule has 1 fully saturated rings. The van der Waals surface area contributed by atoms with Gasteiger partial charge in [-0.1, -0.05) is 12.1 Å². The van der Waals surface area contributed by atoms with Crippen molar-refractivity contribution in [1.82, 2.24) is 19.7 Å². The SMILES string of the molecule is O=[N+]([O-])c1cccc(-c2ncn(CN3CCN(c4ccc(F)cc4)CC3)n2)c1. The summed E-state index contributed by atoms with van der Waals surface area (Å²) in [6.07, 6.45) is 1.64. The molecule has 8 nitrogen and oxygen atoms in total. The van der Waals surface area contributed by atoms with Crippen molar-refractivity contribution in [2.75, 3.05) is 31.1 Å². The molecule has 9 heteroatoms. The van der Waals surface area contributed by atoms with Gasteiger partial charge in [-0.15, -0.1) is 5.10 Å². The van der Waals surface area contributed by atoms with Crippen molar-refractivity contribution in [1.29, 1.82) is 0 Å². The van der Waals surface area contributed by atoms with Gasteiger partial charge in [-0.3, -0.25) is 15.0 Å². The summed E-state index contributed by atoms with van der Waals surface area (Å²) in [5.74, 6) is 0.238. The zero-order chi connectivity index (χ0) is 19.5. The van der Waals surface area contributed by atoms with Gasteiger partial charge in [-0.25, -0.2) is 14.1 Å². The Morgan fingerprint density at radius 2 is 1.82 bits per heavy atom. The topological polar surface area (TPSA) is 80.3 Å². The van der Waals surface area contributed by atoms with Crippen LogP contribution in [0.25, 0.3) is 11.4 Å². The summed E-state index contributed by atoms with van der Waals surface area (Å²) in [6.45, 7) is 3.99. The highest BCUT2D eigenvalue weighted by Crippen LogP contribution is 2.21. The summed E-state index contributed by atoms with van der Waals surface area (Å²) in [5.41, 5.74) is 1.66. The molecule has 0 amide bonds. The molecule has 4 rings (SSSR count). The van der Waals surface area contributed by atoms with Crippen molar-refractivity contribution in [3.8, 4) is 11.4 Å². The number of piperazine rings is 1. The van der Waals surface area contributed by atoms with Crippen LogP contribution >= 0.6 is 0 Å².